The first-order valence-corrected chi connectivity index (χ1v) is 16.5. The molecule has 7 heteroatoms. The molecule has 208 valence electrons. The van der Waals surface area contributed by atoms with Crippen LogP contribution in [0.25, 0.3) is 21.8 Å². The topological polar surface area (TPSA) is 71.4 Å². The molecule has 4 aliphatic carbocycles. The summed E-state index contributed by atoms with van der Waals surface area (Å²) in [5.41, 5.74) is 5.05. The standard InChI is InChI=1S/C33H37N3O3S/c1-3-35-30-7-5-4-6-28(30)29-17-26(10-13-31(29)35)34-32(37)21-36(40(2,38)39)27-11-8-25(9-12-27)33-18-22-14-23(19-33)16-24(15-22)20-33/h4-13,17,22-24H,3,14-16,18-21H2,1-2H3,(H,34,37). The molecule has 0 aliphatic heterocycles. The van der Waals surface area contributed by atoms with E-state index in [0.717, 1.165) is 46.1 Å². The summed E-state index contributed by atoms with van der Waals surface area (Å²) in [6, 6.07) is 22.2. The first-order chi connectivity index (χ1) is 19.2. The highest BCUT2D eigenvalue weighted by atomic mass is 32.2. The molecule has 0 spiro atoms. The van der Waals surface area contributed by atoms with E-state index in [1.54, 1.807) is 0 Å². The van der Waals surface area contributed by atoms with Crippen LogP contribution >= 0.6 is 0 Å². The van der Waals surface area contributed by atoms with Crippen molar-refractivity contribution >= 4 is 49.1 Å². The summed E-state index contributed by atoms with van der Waals surface area (Å²) in [5.74, 6) is 2.17. The van der Waals surface area contributed by atoms with E-state index in [1.807, 2.05) is 42.5 Å². The van der Waals surface area contributed by atoms with Crippen molar-refractivity contribution in [2.75, 3.05) is 22.4 Å². The number of carbonyl (C=O) groups excluding carboxylic acids is 1. The summed E-state index contributed by atoms with van der Waals surface area (Å²) in [4.78, 5) is 13.2. The summed E-state index contributed by atoms with van der Waals surface area (Å²) in [7, 11) is -3.66. The quantitative estimate of drug-likeness (QED) is 0.276. The lowest BCUT2D eigenvalue weighted by molar-refractivity contribution is -0.114. The number of sulfonamides is 1. The molecule has 4 saturated carbocycles. The molecule has 0 atom stereocenters. The number of nitrogens with one attached hydrogen (secondary N) is 1. The van der Waals surface area contributed by atoms with Crippen LogP contribution in [0.3, 0.4) is 0 Å². The summed E-state index contributed by atoms with van der Waals surface area (Å²) < 4.78 is 29.1. The van der Waals surface area contributed by atoms with Gasteiger partial charge in [0.15, 0.2) is 0 Å². The average Bonchev–Trinajstić information content (AvgIpc) is 3.23. The average molecular weight is 556 g/mol. The number of carbonyl (C=O) groups is 1. The molecule has 0 unspecified atom stereocenters. The Balaban J connectivity index is 1.12. The lowest BCUT2D eigenvalue weighted by Crippen LogP contribution is -2.48. The second kappa shape index (κ2) is 9.37. The number of nitrogens with zero attached hydrogens (tertiary/aromatic N) is 2. The Hall–Kier alpha value is -3.32. The Bertz CT molecular complexity index is 1690. The van der Waals surface area contributed by atoms with E-state index >= 15 is 0 Å². The summed E-state index contributed by atoms with van der Waals surface area (Å²) >= 11 is 0. The number of aromatic nitrogens is 1. The maximum atomic E-state index is 13.2. The molecule has 4 aromatic rings. The fraction of sp³-hybridized carbons (Fsp3) is 0.424. The summed E-state index contributed by atoms with van der Waals surface area (Å²) in [5, 5.41) is 5.14. The third-order valence-corrected chi connectivity index (χ3v) is 11.0. The normalized spacial score (nSPS) is 25.5. The molecule has 8 rings (SSSR count). The molecule has 4 aliphatic rings. The van der Waals surface area contributed by atoms with Gasteiger partial charge in [0.1, 0.15) is 6.54 Å². The van der Waals surface area contributed by atoms with Crippen molar-refractivity contribution < 1.29 is 13.2 Å². The van der Waals surface area contributed by atoms with Crippen LogP contribution in [0, 0.1) is 17.8 Å². The van der Waals surface area contributed by atoms with Gasteiger partial charge in [-0.15, -0.1) is 0 Å². The fourth-order valence-electron chi connectivity index (χ4n) is 8.65. The van der Waals surface area contributed by atoms with Gasteiger partial charge in [-0.2, -0.15) is 0 Å². The highest BCUT2D eigenvalue weighted by Gasteiger charge is 2.51. The first kappa shape index (κ1) is 25.6. The number of para-hydroxylation sites is 1. The Labute approximate surface area is 236 Å². The molecule has 1 heterocycles. The second-order valence-electron chi connectivity index (χ2n) is 12.6. The highest BCUT2D eigenvalue weighted by molar-refractivity contribution is 7.92. The van der Waals surface area contributed by atoms with Gasteiger partial charge in [0.05, 0.1) is 11.9 Å². The Kier molecular flexibility index (Phi) is 6.00. The minimum absolute atomic E-state index is 0.250. The molecule has 0 saturated heterocycles. The van der Waals surface area contributed by atoms with Gasteiger partial charge in [0.25, 0.3) is 0 Å². The molecule has 1 aromatic heterocycles. The largest absolute Gasteiger partial charge is 0.341 e. The number of hydrogen-bond acceptors (Lipinski definition) is 3. The van der Waals surface area contributed by atoms with Crippen LogP contribution in [0.4, 0.5) is 11.4 Å². The third kappa shape index (κ3) is 4.30. The van der Waals surface area contributed by atoms with Crippen LogP contribution in [0.1, 0.15) is 51.0 Å². The molecule has 1 amide bonds. The zero-order valence-corrected chi connectivity index (χ0v) is 24.1. The minimum atomic E-state index is -3.66. The van der Waals surface area contributed by atoms with Crippen molar-refractivity contribution in [3.8, 4) is 0 Å². The molecule has 3 aromatic carbocycles. The van der Waals surface area contributed by atoms with Crippen LogP contribution in [0.15, 0.2) is 66.7 Å². The van der Waals surface area contributed by atoms with Crippen molar-refractivity contribution in [2.45, 2.75) is 57.4 Å². The van der Waals surface area contributed by atoms with Gasteiger partial charge in [-0.05, 0) is 111 Å². The zero-order chi connectivity index (χ0) is 27.6. The number of amides is 1. The number of anilines is 2. The molecule has 6 nitrogen and oxygen atoms in total. The number of fused-ring (bicyclic) bond motifs is 3. The summed E-state index contributed by atoms with van der Waals surface area (Å²) in [6.45, 7) is 2.70. The maximum absolute atomic E-state index is 13.2. The molecule has 1 N–H and O–H groups in total. The van der Waals surface area contributed by atoms with Crippen LogP contribution in [0.2, 0.25) is 0 Å². The summed E-state index contributed by atoms with van der Waals surface area (Å²) in [6.07, 6.45) is 9.12. The second-order valence-corrected chi connectivity index (χ2v) is 14.5. The maximum Gasteiger partial charge on any atom is 0.245 e. The molecule has 4 fully saturated rings. The van der Waals surface area contributed by atoms with Gasteiger partial charge in [0.2, 0.25) is 15.9 Å². The van der Waals surface area contributed by atoms with Gasteiger partial charge < -0.3 is 9.88 Å². The van der Waals surface area contributed by atoms with Gasteiger partial charge in [-0.25, -0.2) is 8.42 Å². The van der Waals surface area contributed by atoms with Crippen molar-refractivity contribution in [2.24, 2.45) is 17.8 Å². The van der Waals surface area contributed by atoms with Gasteiger partial charge in [-0.1, -0.05) is 30.3 Å². The SMILES string of the molecule is CCn1c2ccccc2c2cc(NC(=O)CN(c3ccc(C45CC6CC(CC(C6)C4)C5)cc3)S(C)(=O)=O)ccc21. The van der Waals surface area contributed by atoms with Crippen molar-refractivity contribution in [1.29, 1.82) is 0 Å². The predicted octanol–water partition coefficient (Wildman–Crippen LogP) is 6.69. The van der Waals surface area contributed by atoms with E-state index in [2.05, 4.69) is 41.1 Å². The number of aryl methyl sites for hydroxylation is 1. The molecule has 40 heavy (non-hydrogen) atoms. The zero-order valence-electron chi connectivity index (χ0n) is 23.3. The van der Waals surface area contributed by atoms with Crippen LogP contribution in [-0.2, 0) is 26.8 Å². The highest BCUT2D eigenvalue weighted by Crippen LogP contribution is 2.60. The van der Waals surface area contributed by atoms with Crippen LogP contribution in [-0.4, -0.2) is 31.7 Å². The third-order valence-electron chi connectivity index (χ3n) is 9.87. The monoisotopic (exact) mass is 555 g/mol. The smallest absolute Gasteiger partial charge is 0.245 e. The van der Waals surface area contributed by atoms with E-state index in [0.29, 0.717) is 11.4 Å². The fourth-order valence-corrected chi connectivity index (χ4v) is 9.50. The van der Waals surface area contributed by atoms with Gasteiger partial charge in [-0.3, -0.25) is 9.10 Å². The number of benzene rings is 3. The van der Waals surface area contributed by atoms with E-state index in [9.17, 15) is 13.2 Å². The van der Waals surface area contributed by atoms with Crippen molar-refractivity contribution in [3.63, 3.8) is 0 Å². The van der Waals surface area contributed by atoms with E-state index in [1.165, 1.54) is 54.6 Å². The van der Waals surface area contributed by atoms with Crippen LogP contribution < -0.4 is 9.62 Å². The lowest BCUT2D eigenvalue weighted by Gasteiger charge is -2.57. The van der Waals surface area contributed by atoms with Gasteiger partial charge in [0, 0.05) is 34.0 Å². The van der Waals surface area contributed by atoms with E-state index in [-0.39, 0.29) is 17.9 Å². The Morgan fingerprint density at radius 2 is 1.52 bits per heavy atom. The number of hydrogen-bond donors (Lipinski definition) is 1. The van der Waals surface area contributed by atoms with Crippen LogP contribution in [0.5, 0.6) is 0 Å². The van der Waals surface area contributed by atoms with Crippen molar-refractivity contribution in [1.82, 2.24) is 4.57 Å². The Morgan fingerprint density at radius 1 is 0.900 bits per heavy atom. The Morgan fingerprint density at radius 3 is 2.15 bits per heavy atom. The molecular formula is C33H37N3O3S. The molecule has 4 bridgehead atoms. The van der Waals surface area contributed by atoms with Crippen molar-refractivity contribution in [3.05, 3.63) is 72.3 Å². The van der Waals surface area contributed by atoms with E-state index in [4.69, 9.17) is 0 Å². The minimum Gasteiger partial charge on any atom is -0.341 e. The lowest BCUT2D eigenvalue weighted by atomic mass is 9.48. The molecular weight excluding hydrogens is 518 g/mol. The van der Waals surface area contributed by atoms with E-state index < -0.39 is 10.0 Å². The predicted molar refractivity (Wildman–Crippen MR) is 162 cm³/mol. The molecule has 0 radical (unpaired) electrons. The number of rotatable bonds is 7. The van der Waals surface area contributed by atoms with Gasteiger partial charge >= 0.3 is 0 Å². The first-order valence-electron chi connectivity index (χ1n) is 14.6.